The molecule has 0 spiro atoms. The molecular weight excluding hydrogens is 291 g/mol. The van der Waals surface area contributed by atoms with E-state index >= 15 is 0 Å². The molecule has 4 heteroatoms. The third-order valence-corrected chi connectivity index (χ3v) is 4.24. The molecule has 128 valence electrons. The lowest BCUT2D eigenvalue weighted by Crippen LogP contribution is -2.02. The first kappa shape index (κ1) is 17.8. The van der Waals surface area contributed by atoms with Gasteiger partial charge in [-0.05, 0) is 31.0 Å². The maximum Gasteiger partial charge on any atom is 0.167 e. The van der Waals surface area contributed by atoms with Crippen molar-refractivity contribution in [1.29, 1.82) is 0 Å². The number of hydrogen-bond donors (Lipinski definition) is 2. The third kappa shape index (κ3) is 5.24. The SMILES string of the molecule is CCCCCCCCCOc1cc2c(CCN)c[nH]c2cc1F. The van der Waals surface area contributed by atoms with Crippen LogP contribution in [0.1, 0.15) is 57.4 Å². The summed E-state index contributed by atoms with van der Waals surface area (Å²) in [4.78, 5) is 3.09. The predicted molar refractivity (Wildman–Crippen MR) is 94.5 cm³/mol. The number of benzene rings is 1. The number of H-pyrrole nitrogens is 1. The van der Waals surface area contributed by atoms with Crippen molar-refractivity contribution in [1.82, 2.24) is 4.98 Å². The number of nitrogens with one attached hydrogen (secondary N) is 1. The van der Waals surface area contributed by atoms with Crippen LogP contribution in [-0.2, 0) is 6.42 Å². The minimum atomic E-state index is -0.304. The number of nitrogens with two attached hydrogens (primary N) is 1. The molecule has 1 aromatic heterocycles. The van der Waals surface area contributed by atoms with Crippen LogP contribution in [0.5, 0.6) is 5.75 Å². The zero-order chi connectivity index (χ0) is 16.5. The quantitative estimate of drug-likeness (QED) is 0.576. The summed E-state index contributed by atoms with van der Waals surface area (Å²) in [6, 6.07) is 3.31. The van der Waals surface area contributed by atoms with Crippen molar-refractivity contribution in [3.63, 3.8) is 0 Å². The smallest absolute Gasteiger partial charge is 0.167 e. The Morgan fingerprint density at radius 1 is 1.09 bits per heavy atom. The Labute approximate surface area is 138 Å². The number of rotatable bonds is 11. The van der Waals surface area contributed by atoms with E-state index in [1.807, 2.05) is 6.20 Å². The van der Waals surface area contributed by atoms with E-state index in [2.05, 4.69) is 11.9 Å². The lowest BCUT2D eigenvalue weighted by molar-refractivity contribution is 0.290. The van der Waals surface area contributed by atoms with E-state index in [4.69, 9.17) is 10.5 Å². The van der Waals surface area contributed by atoms with Crippen molar-refractivity contribution >= 4 is 10.9 Å². The van der Waals surface area contributed by atoms with E-state index in [9.17, 15) is 4.39 Å². The predicted octanol–water partition coefficient (Wildman–Crippen LogP) is 4.94. The molecule has 23 heavy (non-hydrogen) atoms. The second-order valence-corrected chi connectivity index (χ2v) is 6.15. The van der Waals surface area contributed by atoms with E-state index in [1.54, 1.807) is 6.07 Å². The standard InChI is InChI=1S/C19H29FN2O/c1-2-3-4-5-6-7-8-11-23-19-12-16-15(9-10-21)14-22-18(16)13-17(19)20/h12-14,22H,2-11,21H2,1H3. The summed E-state index contributed by atoms with van der Waals surface area (Å²) in [5.41, 5.74) is 7.53. The minimum absolute atomic E-state index is 0.304. The summed E-state index contributed by atoms with van der Waals surface area (Å²) in [7, 11) is 0. The van der Waals surface area contributed by atoms with Crippen LogP contribution in [0.3, 0.4) is 0 Å². The van der Waals surface area contributed by atoms with E-state index in [-0.39, 0.29) is 5.82 Å². The van der Waals surface area contributed by atoms with Gasteiger partial charge in [0.1, 0.15) is 0 Å². The maximum absolute atomic E-state index is 14.1. The molecule has 0 bridgehead atoms. The first-order chi connectivity index (χ1) is 11.3. The Morgan fingerprint density at radius 2 is 1.83 bits per heavy atom. The van der Waals surface area contributed by atoms with Crippen molar-refractivity contribution < 1.29 is 9.13 Å². The summed E-state index contributed by atoms with van der Waals surface area (Å²) in [5.74, 6) is 0.0444. The summed E-state index contributed by atoms with van der Waals surface area (Å²) < 4.78 is 19.7. The molecule has 2 rings (SSSR count). The van der Waals surface area contributed by atoms with Gasteiger partial charge in [-0.3, -0.25) is 0 Å². The van der Waals surface area contributed by atoms with Gasteiger partial charge in [-0.2, -0.15) is 0 Å². The zero-order valence-corrected chi connectivity index (χ0v) is 14.2. The van der Waals surface area contributed by atoms with Crippen LogP contribution < -0.4 is 10.5 Å². The van der Waals surface area contributed by atoms with Gasteiger partial charge >= 0.3 is 0 Å². The highest BCUT2D eigenvalue weighted by Gasteiger charge is 2.10. The van der Waals surface area contributed by atoms with Gasteiger partial charge in [-0.1, -0.05) is 45.4 Å². The first-order valence-electron chi connectivity index (χ1n) is 8.88. The molecule has 0 aliphatic heterocycles. The fraction of sp³-hybridized carbons (Fsp3) is 0.579. The molecule has 0 unspecified atom stereocenters. The molecule has 0 fully saturated rings. The number of unbranched alkanes of at least 4 members (excludes halogenated alkanes) is 6. The number of ether oxygens (including phenoxy) is 1. The Hall–Kier alpha value is -1.55. The van der Waals surface area contributed by atoms with Crippen molar-refractivity contribution in [3.8, 4) is 5.75 Å². The molecule has 0 aliphatic rings. The van der Waals surface area contributed by atoms with Gasteiger partial charge in [0.05, 0.1) is 6.61 Å². The number of aromatic amines is 1. The van der Waals surface area contributed by atoms with E-state index in [0.29, 0.717) is 18.9 Å². The van der Waals surface area contributed by atoms with E-state index in [1.165, 1.54) is 38.2 Å². The van der Waals surface area contributed by atoms with Crippen LogP contribution in [0, 0.1) is 5.82 Å². The molecule has 3 nitrogen and oxygen atoms in total. The molecule has 0 saturated carbocycles. The lowest BCUT2D eigenvalue weighted by atomic mass is 10.1. The average molecular weight is 320 g/mol. The van der Waals surface area contributed by atoms with Crippen molar-refractivity contribution in [2.45, 2.75) is 58.3 Å². The van der Waals surface area contributed by atoms with Crippen LogP contribution in [0.15, 0.2) is 18.3 Å². The minimum Gasteiger partial charge on any atom is -0.490 e. The molecule has 0 radical (unpaired) electrons. The third-order valence-electron chi connectivity index (χ3n) is 4.24. The van der Waals surface area contributed by atoms with Crippen molar-refractivity contribution in [2.75, 3.05) is 13.2 Å². The molecule has 0 atom stereocenters. The highest BCUT2D eigenvalue weighted by Crippen LogP contribution is 2.27. The molecule has 1 heterocycles. The van der Waals surface area contributed by atoms with Crippen LogP contribution in [0.4, 0.5) is 4.39 Å². The Bertz CT molecular complexity index is 594. The number of aromatic nitrogens is 1. The van der Waals surface area contributed by atoms with Crippen LogP contribution >= 0.6 is 0 Å². The summed E-state index contributed by atoms with van der Waals surface area (Å²) in [6.45, 7) is 3.38. The highest BCUT2D eigenvalue weighted by atomic mass is 19.1. The van der Waals surface area contributed by atoms with Crippen molar-refractivity contribution in [3.05, 3.63) is 29.7 Å². The number of fused-ring (bicyclic) bond motifs is 1. The molecule has 0 saturated heterocycles. The van der Waals surface area contributed by atoms with E-state index in [0.717, 1.165) is 35.7 Å². The Kier molecular flexibility index (Phi) is 7.40. The number of hydrogen-bond acceptors (Lipinski definition) is 2. The first-order valence-corrected chi connectivity index (χ1v) is 8.88. The fourth-order valence-electron chi connectivity index (χ4n) is 2.90. The maximum atomic E-state index is 14.1. The molecule has 2 aromatic rings. The van der Waals surface area contributed by atoms with Gasteiger partial charge in [0.2, 0.25) is 0 Å². The van der Waals surface area contributed by atoms with Crippen molar-refractivity contribution in [2.24, 2.45) is 5.73 Å². The normalized spacial score (nSPS) is 11.3. The average Bonchev–Trinajstić information content (AvgIpc) is 2.92. The fourth-order valence-corrected chi connectivity index (χ4v) is 2.90. The van der Waals surface area contributed by atoms with Crippen LogP contribution in [-0.4, -0.2) is 18.1 Å². The highest BCUT2D eigenvalue weighted by molar-refractivity contribution is 5.84. The Balaban J connectivity index is 1.82. The summed E-state index contributed by atoms with van der Waals surface area (Å²) in [6.07, 6.45) is 11.3. The second-order valence-electron chi connectivity index (χ2n) is 6.15. The largest absolute Gasteiger partial charge is 0.490 e. The van der Waals surface area contributed by atoms with E-state index < -0.39 is 0 Å². The van der Waals surface area contributed by atoms with Gasteiger partial charge in [-0.25, -0.2) is 4.39 Å². The second kappa shape index (κ2) is 9.56. The van der Waals surface area contributed by atoms with Gasteiger partial charge in [0, 0.05) is 23.2 Å². The monoisotopic (exact) mass is 320 g/mol. The van der Waals surface area contributed by atoms with Crippen LogP contribution in [0.25, 0.3) is 10.9 Å². The molecule has 3 N–H and O–H groups in total. The molecule has 0 amide bonds. The van der Waals surface area contributed by atoms with Gasteiger partial charge in [0.25, 0.3) is 0 Å². The summed E-state index contributed by atoms with van der Waals surface area (Å²) >= 11 is 0. The zero-order valence-electron chi connectivity index (χ0n) is 14.2. The molecule has 0 aliphatic carbocycles. The van der Waals surface area contributed by atoms with Gasteiger partial charge in [0.15, 0.2) is 11.6 Å². The number of halogens is 1. The molecule has 1 aromatic carbocycles. The molecular formula is C19H29FN2O. The van der Waals surface area contributed by atoms with Gasteiger partial charge < -0.3 is 15.5 Å². The summed E-state index contributed by atoms with van der Waals surface area (Å²) in [5, 5.41) is 1.01. The lowest BCUT2D eigenvalue weighted by Gasteiger charge is -2.08. The van der Waals surface area contributed by atoms with Crippen LogP contribution in [0.2, 0.25) is 0 Å². The van der Waals surface area contributed by atoms with Gasteiger partial charge in [-0.15, -0.1) is 0 Å². The Morgan fingerprint density at radius 3 is 2.57 bits per heavy atom. The topological polar surface area (TPSA) is 51.0 Å².